The molecule has 1 N–H and O–H groups in total. The van der Waals surface area contributed by atoms with Crippen molar-refractivity contribution in [2.75, 3.05) is 26.2 Å². The number of piperazine rings is 1. The molecule has 2 fully saturated rings. The molecule has 1 aliphatic heterocycles. The van der Waals surface area contributed by atoms with Crippen LogP contribution in [-0.2, 0) is 9.59 Å². The van der Waals surface area contributed by atoms with Crippen LogP contribution in [0.3, 0.4) is 0 Å². The van der Waals surface area contributed by atoms with Gasteiger partial charge in [0, 0.05) is 38.7 Å². The molecule has 1 aromatic rings. The Morgan fingerprint density at radius 2 is 1.61 bits per heavy atom. The van der Waals surface area contributed by atoms with Crippen LogP contribution in [0.25, 0.3) is 0 Å². The Hall–Kier alpha value is -2.51. The van der Waals surface area contributed by atoms with E-state index >= 15 is 0 Å². The number of benzene rings is 1. The number of nitrogens with zero attached hydrogens (tertiary/aromatic N) is 2. The predicted molar refractivity (Wildman–Crippen MR) is 98.4 cm³/mol. The Bertz CT molecular complexity index is 757. The zero-order valence-electron chi connectivity index (χ0n) is 15.9. The number of carbonyl (C=O) groups excluding carboxylic acids is 3. The van der Waals surface area contributed by atoms with E-state index in [1.807, 2.05) is 0 Å². The van der Waals surface area contributed by atoms with Crippen molar-refractivity contribution < 1.29 is 23.2 Å². The summed E-state index contributed by atoms with van der Waals surface area (Å²) in [7, 11) is 0. The first-order valence-electron chi connectivity index (χ1n) is 9.67. The lowest BCUT2D eigenvalue weighted by Gasteiger charge is -2.37. The summed E-state index contributed by atoms with van der Waals surface area (Å²) in [6, 6.07) is 2.56. The van der Waals surface area contributed by atoms with Gasteiger partial charge in [-0.25, -0.2) is 8.78 Å². The maximum atomic E-state index is 13.4. The Labute approximate surface area is 162 Å². The Kier molecular flexibility index (Phi) is 6.26. The van der Waals surface area contributed by atoms with E-state index in [0.717, 1.165) is 37.8 Å². The molecule has 28 heavy (non-hydrogen) atoms. The average Bonchev–Trinajstić information content (AvgIpc) is 3.21. The van der Waals surface area contributed by atoms with Gasteiger partial charge in [-0.3, -0.25) is 14.4 Å². The number of nitrogens with one attached hydrogen (secondary N) is 1. The molecular weight excluding hydrogens is 368 g/mol. The highest BCUT2D eigenvalue weighted by Gasteiger charge is 2.35. The molecule has 0 radical (unpaired) electrons. The van der Waals surface area contributed by atoms with E-state index in [0.29, 0.717) is 26.2 Å². The molecule has 6 nitrogen and oxygen atoms in total. The van der Waals surface area contributed by atoms with E-state index < -0.39 is 17.7 Å². The molecule has 1 saturated heterocycles. The minimum atomic E-state index is -1.06. The monoisotopic (exact) mass is 393 g/mol. The van der Waals surface area contributed by atoms with Crippen LogP contribution in [0.1, 0.15) is 43.0 Å². The van der Waals surface area contributed by atoms with Crippen LogP contribution in [0, 0.1) is 17.6 Å². The van der Waals surface area contributed by atoms with Gasteiger partial charge in [0.1, 0.15) is 6.04 Å². The molecule has 152 valence electrons. The van der Waals surface area contributed by atoms with Gasteiger partial charge in [0.25, 0.3) is 5.91 Å². The third-order valence-electron chi connectivity index (χ3n) is 5.54. The zero-order valence-corrected chi connectivity index (χ0v) is 15.9. The summed E-state index contributed by atoms with van der Waals surface area (Å²) in [6.07, 6.45) is 3.96. The van der Waals surface area contributed by atoms with Crippen molar-refractivity contribution in [1.82, 2.24) is 15.1 Å². The number of amides is 3. The van der Waals surface area contributed by atoms with Crippen molar-refractivity contribution in [1.29, 1.82) is 0 Å². The topological polar surface area (TPSA) is 69.7 Å². The molecule has 8 heteroatoms. The second-order valence-electron chi connectivity index (χ2n) is 7.47. The fourth-order valence-corrected chi connectivity index (χ4v) is 4.03. The van der Waals surface area contributed by atoms with Gasteiger partial charge in [-0.1, -0.05) is 12.8 Å². The van der Waals surface area contributed by atoms with Crippen molar-refractivity contribution in [2.45, 2.75) is 38.6 Å². The highest BCUT2D eigenvalue weighted by Crippen LogP contribution is 2.29. The maximum absolute atomic E-state index is 13.4. The number of rotatable bonds is 4. The SMILES string of the molecule is CC(=O)NC(C(=O)N1CCN(C(=O)c2ccc(F)c(F)c2)CC1)C1CCCC1. The van der Waals surface area contributed by atoms with Gasteiger partial charge < -0.3 is 15.1 Å². The van der Waals surface area contributed by atoms with Crippen LogP contribution in [0.15, 0.2) is 18.2 Å². The van der Waals surface area contributed by atoms with Crippen molar-refractivity contribution in [2.24, 2.45) is 5.92 Å². The number of carbonyl (C=O) groups is 3. The van der Waals surface area contributed by atoms with Crippen LogP contribution in [0.5, 0.6) is 0 Å². The van der Waals surface area contributed by atoms with Gasteiger partial charge in [-0.2, -0.15) is 0 Å². The summed E-state index contributed by atoms with van der Waals surface area (Å²) in [5.74, 6) is -2.63. The molecule has 1 saturated carbocycles. The molecule has 0 spiro atoms. The smallest absolute Gasteiger partial charge is 0.254 e. The molecule has 0 bridgehead atoms. The fourth-order valence-electron chi connectivity index (χ4n) is 4.03. The summed E-state index contributed by atoms with van der Waals surface area (Å²) in [5.41, 5.74) is 0.0840. The van der Waals surface area contributed by atoms with Crippen molar-refractivity contribution >= 4 is 17.7 Å². The number of hydrogen-bond acceptors (Lipinski definition) is 3. The summed E-state index contributed by atoms with van der Waals surface area (Å²) >= 11 is 0. The van der Waals surface area contributed by atoms with Gasteiger partial charge in [0.15, 0.2) is 11.6 Å². The maximum Gasteiger partial charge on any atom is 0.254 e. The van der Waals surface area contributed by atoms with Gasteiger partial charge >= 0.3 is 0 Å². The molecule has 1 aromatic carbocycles. The first-order chi connectivity index (χ1) is 13.4. The third kappa shape index (κ3) is 4.48. The summed E-state index contributed by atoms with van der Waals surface area (Å²) in [6.45, 7) is 2.71. The molecule has 1 aliphatic carbocycles. The van der Waals surface area contributed by atoms with Gasteiger partial charge in [0.05, 0.1) is 0 Å². The second kappa shape index (κ2) is 8.67. The van der Waals surface area contributed by atoms with E-state index in [4.69, 9.17) is 0 Å². The first-order valence-corrected chi connectivity index (χ1v) is 9.67. The van der Waals surface area contributed by atoms with Crippen LogP contribution >= 0.6 is 0 Å². The van der Waals surface area contributed by atoms with E-state index in [9.17, 15) is 23.2 Å². The van der Waals surface area contributed by atoms with E-state index in [2.05, 4.69) is 5.32 Å². The average molecular weight is 393 g/mol. The van der Waals surface area contributed by atoms with Gasteiger partial charge in [0.2, 0.25) is 11.8 Å². The molecule has 1 unspecified atom stereocenters. The second-order valence-corrected chi connectivity index (χ2v) is 7.47. The quantitative estimate of drug-likeness (QED) is 0.850. The van der Waals surface area contributed by atoms with Gasteiger partial charge in [-0.05, 0) is 37.0 Å². The molecule has 3 amide bonds. The highest BCUT2D eigenvalue weighted by molar-refractivity contribution is 5.94. The molecule has 1 heterocycles. The van der Waals surface area contributed by atoms with E-state index in [1.54, 1.807) is 4.90 Å². The lowest BCUT2D eigenvalue weighted by Crippen LogP contribution is -2.57. The van der Waals surface area contributed by atoms with Crippen molar-refractivity contribution in [3.8, 4) is 0 Å². The Balaban J connectivity index is 1.61. The van der Waals surface area contributed by atoms with Crippen LogP contribution < -0.4 is 5.32 Å². The Morgan fingerprint density at radius 3 is 2.18 bits per heavy atom. The lowest BCUT2D eigenvalue weighted by atomic mass is 9.96. The van der Waals surface area contributed by atoms with Crippen molar-refractivity contribution in [3.05, 3.63) is 35.4 Å². The Morgan fingerprint density at radius 1 is 1.00 bits per heavy atom. The predicted octanol–water partition coefficient (Wildman–Crippen LogP) is 1.94. The zero-order chi connectivity index (χ0) is 20.3. The third-order valence-corrected chi connectivity index (χ3v) is 5.54. The summed E-state index contributed by atoms with van der Waals surface area (Å²) < 4.78 is 26.4. The minimum absolute atomic E-state index is 0.0840. The molecule has 2 aliphatic rings. The number of halogens is 2. The van der Waals surface area contributed by atoms with Crippen LogP contribution in [-0.4, -0.2) is 59.7 Å². The summed E-state index contributed by atoms with van der Waals surface area (Å²) in [5, 5.41) is 2.80. The summed E-state index contributed by atoms with van der Waals surface area (Å²) in [4.78, 5) is 40.2. The normalized spacial score (nSPS) is 18.8. The minimum Gasteiger partial charge on any atom is -0.344 e. The molecule has 3 rings (SSSR count). The van der Waals surface area contributed by atoms with Crippen molar-refractivity contribution in [3.63, 3.8) is 0 Å². The highest BCUT2D eigenvalue weighted by atomic mass is 19.2. The van der Waals surface area contributed by atoms with E-state index in [1.165, 1.54) is 17.9 Å². The van der Waals surface area contributed by atoms with E-state index in [-0.39, 0.29) is 29.2 Å². The fraction of sp³-hybridized carbons (Fsp3) is 0.550. The van der Waals surface area contributed by atoms with Crippen LogP contribution in [0.2, 0.25) is 0 Å². The lowest BCUT2D eigenvalue weighted by molar-refractivity contribution is -0.138. The first kappa shape index (κ1) is 20.2. The standard InChI is InChI=1S/C20H25F2N3O3/c1-13(26)23-18(14-4-2-3-5-14)20(28)25-10-8-24(9-11-25)19(27)15-6-7-16(21)17(22)12-15/h6-7,12,14,18H,2-5,8-11H2,1H3,(H,23,26). The number of hydrogen-bond donors (Lipinski definition) is 1. The molecular formula is C20H25F2N3O3. The van der Waals surface area contributed by atoms with Gasteiger partial charge in [-0.15, -0.1) is 0 Å². The molecule has 0 aromatic heterocycles. The van der Waals surface area contributed by atoms with Crippen LogP contribution in [0.4, 0.5) is 8.78 Å². The largest absolute Gasteiger partial charge is 0.344 e. The molecule has 1 atom stereocenters.